The number of benzene rings is 2. The molecule has 0 radical (unpaired) electrons. The highest BCUT2D eigenvalue weighted by atomic mass is 32.2. The van der Waals surface area contributed by atoms with Gasteiger partial charge >= 0.3 is 0 Å². The van der Waals surface area contributed by atoms with Crippen molar-refractivity contribution in [2.45, 2.75) is 24.3 Å². The van der Waals surface area contributed by atoms with Crippen LogP contribution in [0.25, 0.3) is 0 Å². The molecule has 1 amide bonds. The summed E-state index contributed by atoms with van der Waals surface area (Å²) in [5.74, 6) is 0.142. The lowest BCUT2D eigenvalue weighted by molar-refractivity contribution is 0.0931. The van der Waals surface area contributed by atoms with Crippen LogP contribution in [0.5, 0.6) is 0 Å². The maximum atomic E-state index is 13.9. The first-order chi connectivity index (χ1) is 10.1. The summed E-state index contributed by atoms with van der Waals surface area (Å²) < 4.78 is 13.9. The molecule has 0 bridgehead atoms. The zero-order valence-corrected chi connectivity index (χ0v) is 12.5. The summed E-state index contributed by atoms with van der Waals surface area (Å²) in [5.41, 5.74) is 2.04. The Morgan fingerprint density at radius 2 is 2.10 bits per heavy atom. The number of amides is 1. The first-order valence-electron chi connectivity index (χ1n) is 6.94. The number of hydrogen-bond donors (Lipinski definition) is 1. The maximum absolute atomic E-state index is 13.9. The van der Waals surface area contributed by atoms with Gasteiger partial charge in [-0.15, -0.1) is 11.8 Å². The first-order valence-corrected chi connectivity index (χ1v) is 7.92. The molecule has 1 unspecified atom stereocenters. The Bertz CT molecular complexity index is 686. The van der Waals surface area contributed by atoms with Crippen LogP contribution in [0.1, 0.15) is 33.9 Å². The van der Waals surface area contributed by atoms with Crippen LogP contribution in [0.3, 0.4) is 0 Å². The lowest BCUT2D eigenvalue weighted by Crippen LogP contribution is -2.31. The van der Waals surface area contributed by atoms with Crippen LogP contribution in [-0.2, 0) is 0 Å². The molecule has 2 aromatic carbocycles. The Labute approximate surface area is 127 Å². The third-order valence-electron chi connectivity index (χ3n) is 3.63. The molecule has 108 valence electrons. The van der Waals surface area contributed by atoms with E-state index in [2.05, 4.69) is 11.4 Å². The van der Waals surface area contributed by atoms with Crippen LogP contribution in [0.15, 0.2) is 47.4 Å². The number of nitrogens with one attached hydrogen (secondary N) is 1. The summed E-state index contributed by atoms with van der Waals surface area (Å²) in [7, 11) is 0. The smallest absolute Gasteiger partial charge is 0.254 e. The fourth-order valence-electron chi connectivity index (χ4n) is 2.53. The van der Waals surface area contributed by atoms with Gasteiger partial charge < -0.3 is 5.32 Å². The van der Waals surface area contributed by atoms with Gasteiger partial charge in [-0.2, -0.15) is 0 Å². The number of halogens is 1. The van der Waals surface area contributed by atoms with Gasteiger partial charge in [0.05, 0.1) is 11.6 Å². The van der Waals surface area contributed by atoms with Crippen LogP contribution in [0.2, 0.25) is 0 Å². The number of carbonyl (C=O) groups is 1. The number of hydrogen-bond acceptors (Lipinski definition) is 2. The van der Waals surface area contributed by atoms with Gasteiger partial charge in [-0.1, -0.05) is 24.3 Å². The van der Waals surface area contributed by atoms with Gasteiger partial charge in [0.25, 0.3) is 5.91 Å². The minimum Gasteiger partial charge on any atom is -0.345 e. The molecule has 0 aromatic heterocycles. The van der Waals surface area contributed by atoms with Crippen molar-refractivity contribution in [3.8, 4) is 0 Å². The van der Waals surface area contributed by atoms with Crippen molar-refractivity contribution in [2.24, 2.45) is 0 Å². The Morgan fingerprint density at radius 1 is 1.29 bits per heavy atom. The molecule has 1 heterocycles. The fraction of sp³-hybridized carbons (Fsp3) is 0.235. The van der Waals surface area contributed by atoms with E-state index in [1.807, 2.05) is 18.2 Å². The Kier molecular flexibility index (Phi) is 3.97. The second-order valence-corrected chi connectivity index (χ2v) is 6.32. The molecule has 0 saturated carbocycles. The van der Waals surface area contributed by atoms with Gasteiger partial charge in [0.2, 0.25) is 0 Å². The van der Waals surface area contributed by atoms with Crippen LogP contribution in [-0.4, -0.2) is 11.7 Å². The predicted octanol–water partition coefficient (Wildman–Crippen LogP) is 4.10. The molecule has 4 heteroatoms. The summed E-state index contributed by atoms with van der Waals surface area (Å²) in [5, 5.41) is 2.96. The van der Waals surface area contributed by atoms with Crippen LogP contribution < -0.4 is 5.32 Å². The van der Waals surface area contributed by atoms with Crippen molar-refractivity contribution in [2.75, 3.05) is 5.75 Å². The van der Waals surface area contributed by atoms with E-state index in [-0.39, 0.29) is 17.5 Å². The Morgan fingerprint density at radius 3 is 2.90 bits per heavy atom. The summed E-state index contributed by atoms with van der Waals surface area (Å²) >= 11 is 1.80. The Balaban J connectivity index is 1.83. The van der Waals surface area contributed by atoms with Gasteiger partial charge in [-0.3, -0.25) is 4.79 Å². The van der Waals surface area contributed by atoms with Gasteiger partial charge in [-0.25, -0.2) is 4.39 Å². The predicted molar refractivity (Wildman–Crippen MR) is 83.1 cm³/mol. The highest BCUT2D eigenvalue weighted by Gasteiger charge is 2.23. The molecule has 1 aliphatic heterocycles. The quantitative estimate of drug-likeness (QED) is 0.904. The van der Waals surface area contributed by atoms with E-state index in [1.165, 1.54) is 11.0 Å². The van der Waals surface area contributed by atoms with E-state index in [0.29, 0.717) is 0 Å². The largest absolute Gasteiger partial charge is 0.345 e. The molecule has 2 nitrogen and oxygen atoms in total. The molecular formula is C17H16FNOS. The minimum absolute atomic E-state index is 0.0457. The summed E-state index contributed by atoms with van der Waals surface area (Å²) in [6, 6.07) is 12.7. The van der Waals surface area contributed by atoms with Crippen LogP contribution >= 0.6 is 11.8 Å². The molecule has 2 aromatic rings. The fourth-order valence-corrected chi connectivity index (χ4v) is 3.66. The second kappa shape index (κ2) is 5.90. The van der Waals surface area contributed by atoms with Gasteiger partial charge in [-0.05, 0) is 42.7 Å². The summed E-state index contributed by atoms with van der Waals surface area (Å²) in [6.45, 7) is 1.80. The van der Waals surface area contributed by atoms with Gasteiger partial charge in [0.15, 0.2) is 0 Å². The Hall–Kier alpha value is -1.81. The van der Waals surface area contributed by atoms with Crippen molar-refractivity contribution in [3.05, 3.63) is 65.0 Å². The average Bonchev–Trinajstić information content (AvgIpc) is 2.47. The van der Waals surface area contributed by atoms with E-state index in [1.54, 1.807) is 30.8 Å². The number of aryl methyl sites for hydroxylation is 1. The second-order valence-electron chi connectivity index (χ2n) is 5.18. The number of carbonyl (C=O) groups excluding carboxylic acids is 1. The molecule has 0 saturated heterocycles. The molecule has 0 aliphatic carbocycles. The molecule has 3 rings (SSSR count). The van der Waals surface area contributed by atoms with Crippen molar-refractivity contribution >= 4 is 17.7 Å². The zero-order chi connectivity index (χ0) is 14.8. The van der Waals surface area contributed by atoms with Crippen molar-refractivity contribution in [1.29, 1.82) is 0 Å². The van der Waals surface area contributed by atoms with Crippen LogP contribution in [0, 0.1) is 12.7 Å². The first kappa shape index (κ1) is 14.1. The van der Waals surface area contributed by atoms with Crippen molar-refractivity contribution in [1.82, 2.24) is 5.32 Å². The van der Waals surface area contributed by atoms with Crippen molar-refractivity contribution in [3.63, 3.8) is 0 Å². The number of rotatable bonds is 2. The highest BCUT2D eigenvalue weighted by Crippen LogP contribution is 2.35. The molecule has 21 heavy (non-hydrogen) atoms. The third-order valence-corrected chi connectivity index (χ3v) is 4.76. The molecule has 1 aliphatic rings. The molecule has 1 atom stereocenters. The zero-order valence-electron chi connectivity index (χ0n) is 11.7. The average molecular weight is 301 g/mol. The highest BCUT2D eigenvalue weighted by molar-refractivity contribution is 7.99. The van der Waals surface area contributed by atoms with E-state index >= 15 is 0 Å². The molecular weight excluding hydrogens is 285 g/mol. The monoisotopic (exact) mass is 301 g/mol. The van der Waals surface area contributed by atoms with E-state index in [0.717, 1.165) is 23.3 Å². The molecule has 1 N–H and O–H groups in total. The van der Waals surface area contributed by atoms with E-state index in [9.17, 15) is 9.18 Å². The lowest BCUT2D eigenvalue weighted by Gasteiger charge is -2.26. The normalized spacial score (nSPS) is 17.1. The van der Waals surface area contributed by atoms with Gasteiger partial charge in [0, 0.05) is 10.6 Å². The third kappa shape index (κ3) is 2.95. The topological polar surface area (TPSA) is 29.1 Å². The number of thioether (sulfide) groups is 1. The summed E-state index contributed by atoms with van der Waals surface area (Å²) in [4.78, 5) is 13.5. The van der Waals surface area contributed by atoms with E-state index in [4.69, 9.17) is 0 Å². The van der Waals surface area contributed by atoms with Crippen LogP contribution in [0.4, 0.5) is 4.39 Å². The van der Waals surface area contributed by atoms with Gasteiger partial charge in [0.1, 0.15) is 5.82 Å². The maximum Gasteiger partial charge on any atom is 0.254 e. The van der Waals surface area contributed by atoms with Crippen molar-refractivity contribution < 1.29 is 9.18 Å². The minimum atomic E-state index is -0.467. The lowest BCUT2D eigenvalue weighted by atomic mass is 10.0. The van der Waals surface area contributed by atoms with E-state index < -0.39 is 5.82 Å². The molecule has 0 fully saturated rings. The molecule has 0 spiro atoms. The summed E-state index contributed by atoms with van der Waals surface area (Å²) in [6.07, 6.45) is 0.862. The SMILES string of the molecule is Cc1ccc(C(=O)NC2CCSc3ccccc32)c(F)c1. The number of fused-ring (bicyclic) bond motifs is 1. The standard InChI is InChI=1S/C17H16FNOS/c1-11-6-7-12(14(18)10-11)17(20)19-15-8-9-21-16-5-3-2-4-13(15)16/h2-7,10,15H,8-9H2,1H3,(H,19,20).